The predicted octanol–water partition coefficient (Wildman–Crippen LogP) is 2.81. The lowest BCUT2D eigenvalue weighted by Crippen LogP contribution is -2.34. The summed E-state index contributed by atoms with van der Waals surface area (Å²) >= 11 is 2.06. The van der Waals surface area contributed by atoms with Crippen LogP contribution in [0.15, 0.2) is 36.9 Å². The fourth-order valence-corrected chi connectivity index (χ4v) is 3.70. The summed E-state index contributed by atoms with van der Waals surface area (Å²) < 4.78 is 1.80. The summed E-state index contributed by atoms with van der Waals surface area (Å²) in [5, 5.41) is 7.93. The third kappa shape index (κ3) is 3.22. The minimum atomic E-state index is 0.367. The third-order valence-corrected chi connectivity index (χ3v) is 4.81. The molecule has 0 spiro atoms. The molecular formula is C15H20N4S. The Morgan fingerprint density at radius 1 is 1.35 bits per heavy atom. The Morgan fingerprint density at radius 2 is 2.20 bits per heavy atom. The summed E-state index contributed by atoms with van der Waals surface area (Å²) in [6.45, 7) is 2.24. The van der Waals surface area contributed by atoms with Gasteiger partial charge in [0.2, 0.25) is 0 Å². The molecule has 0 amide bonds. The molecular weight excluding hydrogens is 268 g/mol. The molecule has 1 saturated heterocycles. The minimum Gasteiger partial charge on any atom is -0.307 e. The Bertz CT molecular complexity index is 535. The zero-order chi connectivity index (χ0) is 13.8. The van der Waals surface area contributed by atoms with Gasteiger partial charge in [-0.05, 0) is 49.0 Å². The van der Waals surface area contributed by atoms with E-state index in [-0.39, 0.29) is 0 Å². The van der Waals surface area contributed by atoms with Crippen LogP contribution in [0.25, 0.3) is 5.69 Å². The highest BCUT2D eigenvalue weighted by molar-refractivity contribution is 7.99. The van der Waals surface area contributed by atoms with Crippen LogP contribution in [0.1, 0.15) is 31.4 Å². The molecule has 0 unspecified atom stereocenters. The lowest BCUT2D eigenvalue weighted by molar-refractivity contribution is 0.431. The Balaban J connectivity index is 1.71. The first-order valence-corrected chi connectivity index (χ1v) is 8.27. The summed E-state index contributed by atoms with van der Waals surface area (Å²) in [5.74, 6) is 2.56. The Kier molecular flexibility index (Phi) is 4.38. The summed E-state index contributed by atoms with van der Waals surface area (Å²) in [5.41, 5.74) is 2.36. The molecule has 2 aromatic rings. The highest BCUT2D eigenvalue weighted by Gasteiger charge is 2.16. The van der Waals surface area contributed by atoms with Gasteiger partial charge < -0.3 is 5.32 Å². The smallest absolute Gasteiger partial charge is 0.138 e. The second-order valence-corrected chi connectivity index (χ2v) is 6.43. The van der Waals surface area contributed by atoms with Crippen LogP contribution < -0.4 is 5.32 Å². The maximum atomic E-state index is 4.18. The summed E-state index contributed by atoms with van der Waals surface area (Å²) in [4.78, 5) is 4.00. The largest absolute Gasteiger partial charge is 0.307 e. The molecule has 1 atom stereocenters. The molecule has 1 N–H and O–H groups in total. The van der Waals surface area contributed by atoms with Crippen LogP contribution in [0.5, 0.6) is 0 Å². The number of nitrogens with one attached hydrogen (secondary N) is 1. The quantitative estimate of drug-likeness (QED) is 0.939. The van der Waals surface area contributed by atoms with Crippen LogP contribution >= 0.6 is 11.8 Å². The molecule has 2 heterocycles. The molecule has 1 fully saturated rings. The first kappa shape index (κ1) is 13.6. The number of nitrogens with zero attached hydrogens (tertiary/aromatic N) is 3. The zero-order valence-electron chi connectivity index (χ0n) is 11.7. The molecule has 20 heavy (non-hydrogen) atoms. The normalized spacial score (nSPS) is 18.1. The van der Waals surface area contributed by atoms with Gasteiger partial charge in [-0.3, -0.25) is 0 Å². The van der Waals surface area contributed by atoms with Crippen molar-refractivity contribution in [2.75, 3.05) is 11.5 Å². The van der Waals surface area contributed by atoms with Gasteiger partial charge in [0.15, 0.2) is 0 Å². The van der Waals surface area contributed by atoms with E-state index < -0.39 is 0 Å². The van der Waals surface area contributed by atoms with Crippen molar-refractivity contribution in [3.8, 4) is 5.69 Å². The molecule has 1 aliphatic heterocycles. The van der Waals surface area contributed by atoms with E-state index in [0.717, 1.165) is 5.69 Å². The highest BCUT2D eigenvalue weighted by Crippen LogP contribution is 2.22. The van der Waals surface area contributed by atoms with Gasteiger partial charge in [-0.15, -0.1) is 0 Å². The number of aromatic nitrogens is 3. The number of thioether (sulfide) groups is 1. The van der Waals surface area contributed by atoms with Gasteiger partial charge in [-0.1, -0.05) is 12.1 Å². The van der Waals surface area contributed by atoms with Crippen molar-refractivity contribution in [2.24, 2.45) is 0 Å². The number of benzene rings is 1. The topological polar surface area (TPSA) is 42.7 Å². The van der Waals surface area contributed by atoms with E-state index in [4.69, 9.17) is 0 Å². The van der Waals surface area contributed by atoms with Crippen LogP contribution in [-0.4, -0.2) is 32.3 Å². The monoisotopic (exact) mass is 288 g/mol. The molecule has 3 rings (SSSR count). The average molecular weight is 288 g/mol. The second-order valence-electron chi connectivity index (χ2n) is 5.21. The fourth-order valence-electron chi connectivity index (χ4n) is 2.59. The lowest BCUT2D eigenvalue weighted by Gasteiger charge is -2.26. The highest BCUT2D eigenvalue weighted by atomic mass is 32.2. The predicted molar refractivity (Wildman–Crippen MR) is 83.3 cm³/mol. The minimum absolute atomic E-state index is 0.367. The van der Waals surface area contributed by atoms with Crippen LogP contribution in [0.3, 0.4) is 0 Å². The van der Waals surface area contributed by atoms with Crippen molar-refractivity contribution in [3.63, 3.8) is 0 Å². The van der Waals surface area contributed by atoms with Crippen LogP contribution in [0, 0.1) is 0 Å². The molecule has 1 aromatic heterocycles. The van der Waals surface area contributed by atoms with E-state index >= 15 is 0 Å². The van der Waals surface area contributed by atoms with E-state index in [1.54, 1.807) is 17.3 Å². The van der Waals surface area contributed by atoms with Crippen molar-refractivity contribution in [1.29, 1.82) is 0 Å². The first-order valence-electron chi connectivity index (χ1n) is 7.11. The van der Waals surface area contributed by atoms with E-state index in [1.165, 1.54) is 29.9 Å². The Hall–Kier alpha value is -1.33. The van der Waals surface area contributed by atoms with E-state index in [1.807, 2.05) is 0 Å². The van der Waals surface area contributed by atoms with Crippen LogP contribution in [0.4, 0.5) is 0 Å². The summed E-state index contributed by atoms with van der Waals surface area (Å²) in [7, 11) is 0. The van der Waals surface area contributed by atoms with Crippen molar-refractivity contribution in [3.05, 3.63) is 42.5 Å². The zero-order valence-corrected chi connectivity index (χ0v) is 12.5. The van der Waals surface area contributed by atoms with Crippen LogP contribution in [0.2, 0.25) is 0 Å². The molecule has 0 saturated carbocycles. The van der Waals surface area contributed by atoms with Gasteiger partial charge in [0.25, 0.3) is 0 Å². The molecule has 1 aliphatic rings. The first-order chi connectivity index (χ1) is 9.83. The Morgan fingerprint density at radius 3 is 2.95 bits per heavy atom. The van der Waals surface area contributed by atoms with Crippen LogP contribution in [-0.2, 0) is 0 Å². The standard InChI is InChI=1S/C15H20N4S/c1-12(18-14-5-7-20-8-6-14)13-3-2-4-15(9-13)19-11-16-10-17-19/h2-4,9-12,14,18H,5-8H2,1H3/t12-/m1/s1. The number of hydrogen-bond donors (Lipinski definition) is 1. The van der Waals surface area contributed by atoms with Gasteiger partial charge in [0.05, 0.1) is 5.69 Å². The molecule has 106 valence electrons. The van der Waals surface area contributed by atoms with Gasteiger partial charge in [-0.2, -0.15) is 16.9 Å². The van der Waals surface area contributed by atoms with Gasteiger partial charge in [0, 0.05) is 12.1 Å². The molecule has 1 aromatic carbocycles. The maximum Gasteiger partial charge on any atom is 0.138 e. The Labute approximate surface area is 124 Å². The van der Waals surface area contributed by atoms with Gasteiger partial charge in [0.1, 0.15) is 12.7 Å². The van der Waals surface area contributed by atoms with E-state index in [0.29, 0.717) is 12.1 Å². The molecule has 0 radical (unpaired) electrons. The van der Waals surface area contributed by atoms with Gasteiger partial charge in [-0.25, -0.2) is 9.67 Å². The molecule has 5 heteroatoms. The van der Waals surface area contributed by atoms with Crippen molar-refractivity contribution in [1.82, 2.24) is 20.1 Å². The van der Waals surface area contributed by atoms with E-state index in [9.17, 15) is 0 Å². The third-order valence-electron chi connectivity index (χ3n) is 3.76. The molecule has 0 bridgehead atoms. The molecule has 4 nitrogen and oxygen atoms in total. The summed E-state index contributed by atoms with van der Waals surface area (Å²) in [6.07, 6.45) is 5.85. The SMILES string of the molecule is C[C@@H](NC1CCSCC1)c1cccc(-n2cncn2)c1. The number of hydrogen-bond acceptors (Lipinski definition) is 4. The van der Waals surface area contributed by atoms with E-state index in [2.05, 4.69) is 58.4 Å². The van der Waals surface area contributed by atoms with Crippen molar-refractivity contribution >= 4 is 11.8 Å². The number of rotatable bonds is 4. The van der Waals surface area contributed by atoms with Crippen molar-refractivity contribution < 1.29 is 0 Å². The second kappa shape index (κ2) is 6.41. The van der Waals surface area contributed by atoms with Crippen molar-refractivity contribution in [2.45, 2.75) is 31.8 Å². The van der Waals surface area contributed by atoms with Gasteiger partial charge >= 0.3 is 0 Å². The maximum absolute atomic E-state index is 4.18. The fraction of sp³-hybridized carbons (Fsp3) is 0.467. The average Bonchev–Trinajstić information content (AvgIpc) is 3.03. The lowest BCUT2D eigenvalue weighted by atomic mass is 10.0. The summed E-state index contributed by atoms with van der Waals surface area (Å²) in [6, 6.07) is 9.52. The molecule has 0 aliphatic carbocycles.